The molecule has 0 atom stereocenters. The Kier molecular flexibility index (Phi) is 3.70. The van der Waals surface area contributed by atoms with E-state index in [2.05, 4.69) is 4.74 Å². The van der Waals surface area contributed by atoms with Crippen LogP contribution in [-0.4, -0.2) is 12.6 Å². The number of rotatable bonds is 0. The zero-order valence-electron chi connectivity index (χ0n) is 4.31. The summed E-state index contributed by atoms with van der Waals surface area (Å²) in [6.07, 6.45) is 2.31. The monoisotopic (exact) mass is 108 g/mol. The van der Waals surface area contributed by atoms with Crippen molar-refractivity contribution in [3.63, 3.8) is 0 Å². The van der Waals surface area contributed by atoms with E-state index < -0.39 is 0 Å². The zero-order chi connectivity index (χ0) is 4.41. The second-order valence-corrected chi connectivity index (χ2v) is 1.18. The second kappa shape index (κ2) is 3.47. The van der Waals surface area contributed by atoms with Crippen molar-refractivity contribution >= 4 is 5.97 Å². The number of carbonyl (C=O) groups excluding carboxylic acids is 1. The van der Waals surface area contributed by atoms with Gasteiger partial charge in [0.05, 0.1) is 0 Å². The molecule has 1 aliphatic heterocycles. The van der Waals surface area contributed by atoms with Crippen LogP contribution in [0.1, 0.15) is 6.42 Å². The Morgan fingerprint density at radius 3 is 2.57 bits per heavy atom. The van der Waals surface area contributed by atoms with Crippen LogP contribution in [0.3, 0.4) is 0 Å². The number of hydrogen-bond donors (Lipinski definition) is 0. The Balaban J connectivity index is 0.000000360. The molecule has 2 nitrogen and oxygen atoms in total. The first-order valence-corrected chi connectivity index (χ1v) is 1.87. The molecule has 1 aliphatic rings. The standard InChI is InChI=1S/C4H5O2.Na/c5-4-2-1-3-6-4;/h1H,2-3H2;/q-1;+1. The van der Waals surface area contributed by atoms with Gasteiger partial charge in [0.15, 0.2) is 0 Å². The van der Waals surface area contributed by atoms with Gasteiger partial charge >= 0.3 is 29.6 Å². The van der Waals surface area contributed by atoms with E-state index in [0.717, 1.165) is 0 Å². The van der Waals surface area contributed by atoms with Crippen LogP contribution in [-0.2, 0) is 9.53 Å². The summed E-state index contributed by atoms with van der Waals surface area (Å²) in [5.41, 5.74) is 0. The Hall–Kier alpha value is 0.470. The van der Waals surface area contributed by atoms with E-state index in [1.165, 1.54) is 0 Å². The fourth-order valence-corrected chi connectivity index (χ4v) is 0.388. The van der Waals surface area contributed by atoms with Gasteiger partial charge in [-0.1, -0.05) is 6.42 Å². The Morgan fingerprint density at radius 2 is 2.43 bits per heavy atom. The Labute approximate surface area is 64.5 Å². The first kappa shape index (κ1) is 7.47. The molecule has 0 aromatic rings. The zero-order valence-corrected chi connectivity index (χ0v) is 6.31. The quantitative estimate of drug-likeness (QED) is 0.189. The van der Waals surface area contributed by atoms with Crippen LogP contribution >= 0.6 is 0 Å². The topological polar surface area (TPSA) is 26.3 Å². The van der Waals surface area contributed by atoms with E-state index in [9.17, 15) is 4.79 Å². The van der Waals surface area contributed by atoms with Gasteiger partial charge in [0.1, 0.15) is 0 Å². The molecule has 1 rings (SSSR count). The molecule has 0 aliphatic carbocycles. The third-order valence-electron chi connectivity index (χ3n) is 0.673. The van der Waals surface area contributed by atoms with Gasteiger partial charge in [-0.2, -0.15) is 0 Å². The minimum absolute atomic E-state index is 0. The van der Waals surface area contributed by atoms with Crippen molar-refractivity contribution in [1.82, 2.24) is 0 Å². The molecule has 0 radical (unpaired) electrons. The molecule has 3 heteroatoms. The summed E-state index contributed by atoms with van der Waals surface area (Å²) in [6.45, 7) is 0.513. The largest absolute Gasteiger partial charge is 1.00 e. The molecule has 1 saturated heterocycles. The Morgan fingerprint density at radius 1 is 1.71 bits per heavy atom. The molecule has 0 amide bonds. The summed E-state index contributed by atoms with van der Waals surface area (Å²) in [6, 6.07) is 0. The van der Waals surface area contributed by atoms with Gasteiger partial charge in [0.2, 0.25) is 0 Å². The van der Waals surface area contributed by atoms with Crippen molar-refractivity contribution in [2.45, 2.75) is 6.42 Å². The molecule has 7 heavy (non-hydrogen) atoms. The molecule has 0 aromatic heterocycles. The molecule has 1 heterocycles. The average molecular weight is 108 g/mol. The van der Waals surface area contributed by atoms with Crippen molar-refractivity contribution in [2.24, 2.45) is 0 Å². The van der Waals surface area contributed by atoms with E-state index in [1.807, 2.05) is 6.42 Å². The molecular weight excluding hydrogens is 103 g/mol. The van der Waals surface area contributed by atoms with E-state index >= 15 is 0 Å². The third-order valence-corrected chi connectivity index (χ3v) is 0.673. The number of hydrogen-bond acceptors (Lipinski definition) is 2. The second-order valence-electron chi connectivity index (χ2n) is 1.18. The van der Waals surface area contributed by atoms with Gasteiger partial charge in [-0.3, -0.25) is 11.2 Å². The summed E-state index contributed by atoms with van der Waals surface area (Å²) in [5.74, 6) is -0.102. The number of esters is 1. The number of cyclic esters (lactones) is 1. The van der Waals surface area contributed by atoms with E-state index in [-0.39, 0.29) is 35.5 Å². The van der Waals surface area contributed by atoms with Crippen LogP contribution in [0, 0.1) is 6.42 Å². The molecule has 0 saturated carbocycles. The minimum Gasteiger partial charge on any atom is -0.500 e. The van der Waals surface area contributed by atoms with Crippen molar-refractivity contribution in [3.8, 4) is 0 Å². The summed E-state index contributed by atoms with van der Waals surface area (Å²) < 4.78 is 4.46. The minimum atomic E-state index is -0.102. The molecule has 0 aromatic carbocycles. The molecule has 0 bridgehead atoms. The van der Waals surface area contributed by atoms with Crippen LogP contribution in [0.5, 0.6) is 0 Å². The van der Waals surface area contributed by atoms with Crippen LogP contribution in [0.4, 0.5) is 0 Å². The van der Waals surface area contributed by atoms with E-state index in [0.29, 0.717) is 13.0 Å². The van der Waals surface area contributed by atoms with Crippen molar-refractivity contribution in [3.05, 3.63) is 6.42 Å². The van der Waals surface area contributed by atoms with Crippen LogP contribution in [0.2, 0.25) is 0 Å². The van der Waals surface area contributed by atoms with Crippen LogP contribution < -0.4 is 29.6 Å². The summed E-state index contributed by atoms with van der Waals surface area (Å²) >= 11 is 0. The summed E-state index contributed by atoms with van der Waals surface area (Å²) in [4.78, 5) is 9.99. The molecule has 1 fully saturated rings. The van der Waals surface area contributed by atoms with Gasteiger partial charge in [-0.05, 0) is 6.61 Å². The summed E-state index contributed by atoms with van der Waals surface area (Å²) in [7, 11) is 0. The van der Waals surface area contributed by atoms with Crippen molar-refractivity contribution in [2.75, 3.05) is 6.61 Å². The third kappa shape index (κ3) is 2.32. The molecular formula is C4H5NaO2. The fraction of sp³-hybridized carbons (Fsp3) is 0.500. The van der Waals surface area contributed by atoms with Crippen molar-refractivity contribution < 1.29 is 39.1 Å². The number of ether oxygens (including phenoxy) is 1. The first-order chi connectivity index (χ1) is 2.89. The molecule has 0 N–H and O–H groups in total. The van der Waals surface area contributed by atoms with E-state index in [1.54, 1.807) is 0 Å². The maximum atomic E-state index is 9.99. The van der Waals surface area contributed by atoms with Crippen LogP contribution in [0.25, 0.3) is 0 Å². The number of carbonyl (C=O) groups is 1. The van der Waals surface area contributed by atoms with E-state index in [4.69, 9.17) is 0 Å². The predicted molar refractivity (Wildman–Crippen MR) is 19.9 cm³/mol. The van der Waals surface area contributed by atoms with Gasteiger partial charge in [-0.25, -0.2) is 0 Å². The van der Waals surface area contributed by atoms with Crippen molar-refractivity contribution in [1.29, 1.82) is 0 Å². The fourth-order valence-electron chi connectivity index (χ4n) is 0.388. The van der Waals surface area contributed by atoms with Gasteiger partial charge in [-0.15, -0.1) is 0 Å². The van der Waals surface area contributed by atoms with Gasteiger partial charge in [0.25, 0.3) is 5.97 Å². The van der Waals surface area contributed by atoms with Gasteiger partial charge < -0.3 is 4.74 Å². The summed E-state index contributed by atoms with van der Waals surface area (Å²) in [5, 5.41) is 0. The first-order valence-electron chi connectivity index (χ1n) is 1.87. The molecule has 0 unspecified atom stereocenters. The van der Waals surface area contributed by atoms with Crippen LogP contribution in [0.15, 0.2) is 0 Å². The van der Waals surface area contributed by atoms with Gasteiger partial charge in [0, 0.05) is 0 Å². The SMILES string of the molecule is O=C1C[CH-]CO1.[Na+]. The normalized spacial score (nSPS) is 18.0. The molecule has 34 valence electrons. The average Bonchev–Trinajstić information content (AvgIpc) is 1.86. The smallest absolute Gasteiger partial charge is 0.500 e. The predicted octanol–water partition coefficient (Wildman–Crippen LogP) is -2.86. The maximum Gasteiger partial charge on any atom is 1.00 e. The Bertz CT molecular complexity index is 64.1. The maximum absolute atomic E-state index is 9.99. The molecule has 0 spiro atoms.